The summed E-state index contributed by atoms with van der Waals surface area (Å²) in [6, 6.07) is 11.1. The number of hydrogen-bond acceptors (Lipinski definition) is 6. The second kappa shape index (κ2) is 8.97. The highest BCUT2D eigenvalue weighted by Gasteiger charge is 2.33. The lowest BCUT2D eigenvalue weighted by Gasteiger charge is -2.35. The third-order valence-electron chi connectivity index (χ3n) is 5.23. The lowest BCUT2D eigenvalue weighted by Crippen LogP contribution is -2.53. The zero-order chi connectivity index (χ0) is 22.9. The zero-order valence-corrected chi connectivity index (χ0v) is 18.9. The molecule has 0 radical (unpaired) electrons. The number of ether oxygens (including phenoxy) is 2. The first-order valence-corrected chi connectivity index (χ1v) is 11.8. The summed E-state index contributed by atoms with van der Waals surface area (Å²) in [5.41, 5.74) is 0.322. The van der Waals surface area contributed by atoms with Crippen LogP contribution in [0.3, 0.4) is 0 Å². The summed E-state index contributed by atoms with van der Waals surface area (Å²) < 4.78 is 38.4. The van der Waals surface area contributed by atoms with Crippen LogP contribution in [-0.2, 0) is 19.6 Å². The number of amides is 2. The van der Waals surface area contributed by atoms with E-state index in [1.807, 2.05) is 0 Å². The number of fused-ring (bicyclic) bond motifs is 1. The fraction of sp³-hybridized carbons (Fsp3) is 0.333. The Hall–Kier alpha value is -2.82. The summed E-state index contributed by atoms with van der Waals surface area (Å²) in [4.78, 5) is 25.9. The van der Waals surface area contributed by atoms with Crippen molar-refractivity contribution in [1.82, 2.24) is 9.21 Å². The molecule has 170 valence electrons. The Morgan fingerprint density at radius 2 is 1.91 bits per heavy atom. The molecule has 0 bridgehead atoms. The average molecular weight is 480 g/mol. The van der Waals surface area contributed by atoms with Crippen molar-refractivity contribution >= 4 is 39.1 Å². The molecule has 9 nitrogen and oxygen atoms in total. The van der Waals surface area contributed by atoms with Gasteiger partial charge in [0.05, 0.1) is 10.6 Å². The molecular formula is C21H22ClN3O6S. The van der Waals surface area contributed by atoms with Gasteiger partial charge >= 0.3 is 0 Å². The SMILES string of the molecule is CC(Oc1cccc(Cl)c1)C(=O)N1CCN(S(=O)(=O)c2ccc3c(c2)NC(=O)CO3)CC1. The van der Waals surface area contributed by atoms with Crippen LogP contribution < -0.4 is 14.8 Å². The largest absolute Gasteiger partial charge is 0.482 e. The van der Waals surface area contributed by atoms with Crippen molar-refractivity contribution in [2.75, 3.05) is 38.1 Å². The third kappa shape index (κ3) is 4.67. The summed E-state index contributed by atoms with van der Waals surface area (Å²) in [6.45, 7) is 2.33. The molecule has 1 N–H and O–H groups in total. The van der Waals surface area contributed by atoms with E-state index in [0.717, 1.165) is 0 Å². The topological polar surface area (TPSA) is 105 Å². The molecule has 0 spiro atoms. The molecule has 1 unspecified atom stereocenters. The van der Waals surface area contributed by atoms with Gasteiger partial charge in [0.15, 0.2) is 12.7 Å². The first kappa shape index (κ1) is 22.4. The van der Waals surface area contributed by atoms with Gasteiger partial charge < -0.3 is 19.7 Å². The molecule has 4 rings (SSSR count). The van der Waals surface area contributed by atoms with Crippen LogP contribution in [-0.4, -0.2) is 68.3 Å². The van der Waals surface area contributed by atoms with E-state index in [0.29, 0.717) is 22.2 Å². The Balaban J connectivity index is 1.39. The van der Waals surface area contributed by atoms with Crippen LogP contribution in [0.5, 0.6) is 11.5 Å². The molecule has 0 aromatic heterocycles. The van der Waals surface area contributed by atoms with Gasteiger partial charge in [0, 0.05) is 31.2 Å². The molecule has 2 aliphatic rings. The fourth-order valence-corrected chi connectivity index (χ4v) is 5.20. The summed E-state index contributed by atoms with van der Waals surface area (Å²) in [5, 5.41) is 3.12. The predicted molar refractivity (Wildman–Crippen MR) is 117 cm³/mol. The number of benzene rings is 2. The number of anilines is 1. The molecule has 0 aliphatic carbocycles. The van der Waals surface area contributed by atoms with Crippen molar-refractivity contribution in [3.63, 3.8) is 0 Å². The molecule has 2 amide bonds. The molecule has 1 atom stereocenters. The maximum atomic E-state index is 13.1. The Bertz CT molecular complexity index is 1150. The van der Waals surface area contributed by atoms with Crippen LogP contribution in [0.25, 0.3) is 0 Å². The minimum absolute atomic E-state index is 0.0551. The van der Waals surface area contributed by atoms with Crippen LogP contribution in [0.4, 0.5) is 5.69 Å². The highest BCUT2D eigenvalue weighted by Crippen LogP contribution is 2.31. The van der Waals surface area contributed by atoms with Crippen molar-refractivity contribution in [3.8, 4) is 11.5 Å². The molecule has 11 heteroatoms. The number of piperazine rings is 1. The van der Waals surface area contributed by atoms with E-state index in [1.165, 1.54) is 22.5 Å². The zero-order valence-electron chi connectivity index (χ0n) is 17.3. The molecule has 0 saturated carbocycles. The lowest BCUT2D eigenvalue weighted by atomic mass is 10.2. The highest BCUT2D eigenvalue weighted by molar-refractivity contribution is 7.89. The minimum Gasteiger partial charge on any atom is -0.482 e. The normalized spacial score (nSPS) is 17.7. The maximum absolute atomic E-state index is 13.1. The van der Waals surface area contributed by atoms with E-state index in [1.54, 1.807) is 36.1 Å². The smallest absolute Gasteiger partial charge is 0.263 e. The van der Waals surface area contributed by atoms with Gasteiger partial charge in [0.25, 0.3) is 11.8 Å². The molecule has 32 heavy (non-hydrogen) atoms. The molecule has 2 heterocycles. The Labute approximate surface area is 190 Å². The maximum Gasteiger partial charge on any atom is 0.263 e. The van der Waals surface area contributed by atoms with Gasteiger partial charge in [0.2, 0.25) is 10.0 Å². The van der Waals surface area contributed by atoms with Crippen molar-refractivity contribution in [1.29, 1.82) is 0 Å². The lowest BCUT2D eigenvalue weighted by molar-refractivity contribution is -0.139. The minimum atomic E-state index is -3.79. The Morgan fingerprint density at radius 3 is 2.62 bits per heavy atom. The van der Waals surface area contributed by atoms with Crippen LogP contribution >= 0.6 is 11.6 Å². The second-order valence-corrected chi connectivity index (χ2v) is 9.82. The van der Waals surface area contributed by atoms with Gasteiger partial charge in [0.1, 0.15) is 11.5 Å². The van der Waals surface area contributed by atoms with Gasteiger partial charge in [-0.25, -0.2) is 8.42 Å². The van der Waals surface area contributed by atoms with Gasteiger partial charge in [-0.3, -0.25) is 9.59 Å². The Morgan fingerprint density at radius 1 is 1.16 bits per heavy atom. The molecule has 2 aliphatic heterocycles. The van der Waals surface area contributed by atoms with E-state index >= 15 is 0 Å². The number of hydrogen-bond donors (Lipinski definition) is 1. The first-order chi connectivity index (χ1) is 15.2. The van der Waals surface area contributed by atoms with Gasteiger partial charge in [-0.1, -0.05) is 17.7 Å². The van der Waals surface area contributed by atoms with Crippen molar-refractivity contribution < 1.29 is 27.5 Å². The van der Waals surface area contributed by atoms with Crippen LogP contribution in [0, 0.1) is 0 Å². The summed E-state index contributed by atoms with van der Waals surface area (Å²) in [5.74, 6) is 0.347. The number of rotatable bonds is 5. The Kier molecular flexibility index (Phi) is 6.27. The molecule has 1 saturated heterocycles. The molecule has 2 aromatic rings. The van der Waals surface area contributed by atoms with E-state index in [-0.39, 0.29) is 49.5 Å². The number of carbonyl (C=O) groups is 2. The summed E-state index contributed by atoms with van der Waals surface area (Å²) in [6.07, 6.45) is -0.735. The fourth-order valence-electron chi connectivity index (χ4n) is 3.57. The van der Waals surface area contributed by atoms with Crippen molar-refractivity contribution in [2.24, 2.45) is 0 Å². The number of sulfonamides is 1. The van der Waals surface area contributed by atoms with Gasteiger partial charge in [-0.15, -0.1) is 0 Å². The predicted octanol–water partition coefficient (Wildman–Crippen LogP) is 1.97. The van der Waals surface area contributed by atoms with E-state index in [2.05, 4.69) is 5.32 Å². The van der Waals surface area contributed by atoms with Crippen LogP contribution in [0.15, 0.2) is 47.4 Å². The van der Waals surface area contributed by atoms with E-state index in [9.17, 15) is 18.0 Å². The molecule has 1 fully saturated rings. The first-order valence-electron chi connectivity index (χ1n) is 10.0. The van der Waals surface area contributed by atoms with E-state index in [4.69, 9.17) is 21.1 Å². The number of nitrogens with zero attached hydrogens (tertiary/aromatic N) is 2. The molecule has 2 aromatic carbocycles. The number of nitrogens with one attached hydrogen (secondary N) is 1. The average Bonchev–Trinajstić information content (AvgIpc) is 2.78. The van der Waals surface area contributed by atoms with Crippen LogP contribution in [0.1, 0.15) is 6.92 Å². The molecular weight excluding hydrogens is 458 g/mol. The third-order valence-corrected chi connectivity index (χ3v) is 7.36. The number of halogens is 1. The van der Waals surface area contributed by atoms with Crippen molar-refractivity contribution in [3.05, 3.63) is 47.5 Å². The number of carbonyl (C=O) groups excluding carboxylic acids is 2. The second-order valence-electron chi connectivity index (χ2n) is 7.44. The standard InChI is InChI=1S/C21H22ClN3O6S/c1-14(31-16-4-2-3-15(22)11-16)21(27)24-7-9-25(10-8-24)32(28,29)17-5-6-19-18(12-17)23-20(26)13-30-19/h2-6,11-12,14H,7-10,13H2,1H3,(H,23,26). The quantitative estimate of drug-likeness (QED) is 0.703. The monoisotopic (exact) mass is 479 g/mol. The van der Waals surface area contributed by atoms with E-state index < -0.39 is 16.1 Å². The summed E-state index contributed by atoms with van der Waals surface area (Å²) >= 11 is 5.95. The van der Waals surface area contributed by atoms with Gasteiger partial charge in [-0.2, -0.15) is 4.31 Å². The van der Waals surface area contributed by atoms with Crippen LogP contribution in [0.2, 0.25) is 5.02 Å². The highest BCUT2D eigenvalue weighted by atomic mass is 35.5. The summed E-state index contributed by atoms with van der Waals surface area (Å²) in [7, 11) is -3.79. The van der Waals surface area contributed by atoms with Crippen molar-refractivity contribution in [2.45, 2.75) is 17.9 Å². The van der Waals surface area contributed by atoms with Gasteiger partial charge in [-0.05, 0) is 43.3 Å².